The van der Waals surface area contributed by atoms with Crippen LogP contribution in [0.3, 0.4) is 0 Å². The number of carbonyl (C=O) groups excluding carboxylic acids is 1. The predicted octanol–water partition coefficient (Wildman–Crippen LogP) is 2.75. The van der Waals surface area contributed by atoms with Crippen molar-refractivity contribution >= 4 is 5.97 Å². The van der Waals surface area contributed by atoms with Gasteiger partial charge in [-0.25, -0.2) is 4.79 Å². The number of esters is 1. The van der Waals surface area contributed by atoms with Crippen LogP contribution < -0.4 is 9.47 Å². The molecule has 0 aliphatic heterocycles. The Kier molecular flexibility index (Phi) is 3.75. The molecule has 0 unspecified atom stereocenters. The van der Waals surface area contributed by atoms with Crippen LogP contribution in [-0.4, -0.2) is 27.3 Å². The average Bonchev–Trinajstić information content (AvgIpc) is 2.95. The average molecular weight is 262 g/mol. The zero-order chi connectivity index (χ0) is 13.8. The van der Waals surface area contributed by atoms with Crippen LogP contribution in [0.2, 0.25) is 0 Å². The minimum absolute atomic E-state index is 0.349. The number of rotatable bonds is 4. The smallest absolute Gasteiger partial charge is 0.341 e. The largest absolute Gasteiger partial charge is 0.497 e. The van der Waals surface area contributed by atoms with Crippen LogP contribution in [-0.2, 0) is 4.74 Å². The van der Waals surface area contributed by atoms with Crippen molar-refractivity contribution in [3.8, 4) is 22.8 Å². The van der Waals surface area contributed by atoms with Crippen LogP contribution in [0.25, 0.3) is 11.3 Å². The molecule has 100 valence electrons. The van der Waals surface area contributed by atoms with Gasteiger partial charge in [0.05, 0.1) is 32.5 Å². The topological polar surface area (TPSA) is 57.9 Å². The molecule has 0 radical (unpaired) electrons. The van der Waals surface area contributed by atoms with Gasteiger partial charge in [-0.2, -0.15) is 0 Å². The first-order valence-electron chi connectivity index (χ1n) is 5.59. The SMILES string of the molecule is COC(=O)c1coc(-c2cc(OC)ccc2OC)c1. The van der Waals surface area contributed by atoms with E-state index in [0.29, 0.717) is 28.4 Å². The minimum Gasteiger partial charge on any atom is -0.497 e. The monoisotopic (exact) mass is 262 g/mol. The summed E-state index contributed by atoms with van der Waals surface area (Å²) in [6.45, 7) is 0. The number of benzene rings is 1. The molecule has 0 saturated carbocycles. The molecule has 2 rings (SSSR count). The van der Waals surface area contributed by atoms with E-state index in [1.165, 1.54) is 13.4 Å². The Morgan fingerprint density at radius 3 is 2.53 bits per heavy atom. The van der Waals surface area contributed by atoms with Crippen molar-refractivity contribution in [2.75, 3.05) is 21.3 Å². The molecule has 1 aromatic heterocycles. The summed E-state index contributed by atoms with van der Waals surface area (Å²) >= 11 is 0. The molecule has 0 saturated heterocycles. The fourth-order valence-corrected chi connectivity index (χ4v) is 1.71. The van der Waals surface area contributed by atoms with Gasteiger partial charge in [-0.3, -0.25) is 0 Å². The van der Waals surface area contributed by atoms with Gasteiger partial charge in [0, 0.05) is 0 Å². The van der Waals surface area contributed by atoms with E-state index in [1.807, 2.05) is 0 Å². The lowest BCUT2D eigenvalue weighted by Crippen LogP contribution is -1.98. The third kappa shape index (κ3) is 2.54. The summed E-state index contributed by atoms with van der Waals surface area (Å²) in [6, 6.07) is 6.93. The second-order valence-corrected chi connectivity index (χ2v) is 3.76. The molecular formula is C14H14O5. The van der Waals surface area contributed by atoms with Crippen LogP contribution in [0.1, 0.15) is 10.4 Å². The van der Waals surface area contributed by atoms with E-state index in [4.69, 9.17) is 13.9 Å². The van der Waals surface area contributed by atoms with Gasteiger partial charge in [-0.1, -0.05) is 0 Å². The van der Waals surface area contributed by atoms with Gasteiger partial charge >= 0.3 is 5.97 Å². The van der Waals surface area contributed by atoms with Crippen LogP contribution >= 0.6 is 0 Å². The first kappa shape index (κ1) is 13.0. The van der Waals surface area contributed by atoms with Gasteiger partial charge < -0.3 is 18.6 Å². The van der Waals surface area contributed by atoms with Gasteiger partial charge in [0.15, 0.2) is 0 Å². The Morgan fingerprint density at radius 2 is 1.89 bits per heavy atom. The maximum absolute atomic E-state index is 11.4. The number of hydrogen-bond donors (Lipinski definition) is 0. The van der Waals surface area contributed by atoms with E-state index in [0.717, 1.165) is 0 Å². The van der Waals surface area contributed by atoms with Crippen molar-refractivity contribution in [2.24, 2.45) is 0 Å². The van der Waals surface area contributed by atoms with Crippen LogP contribution in [0.5, 0.6) is 11.5 Å². The van der Waals surface area contributed by atoms with E-state index in [-0.39, 0.29) is 0 Å². The second-order valence-electron chi connectivity index (χ2n) is 3.76. The minimum atomic E-state index is -0.447. The summed E-state index contributed by atoms with van der Waals surface area (Å²) in [6.07, 6.45) is 1.35. The quantitative estimate of drug-likeness (QED) is 0.793. The fourth-order valence-electron chi connectivity index (χ4n) is 1.71. The lowest BCUT2D eigenvalue weighted by Gasteiger charge is -2.08. The lowest BCUT2D eigenvalue weighted by atomic mass is 10.1. The summed E-state index contributed by atoms with van der Waals surface area (Å²) in [5, 5.41) is 0. The van der Waals surface area contributed by atoms with Crippen LogP contribution in [0.4, 0.5) is 0 Å². The van der Waals surface area contributed by atoms with Crippen molar-refractivity contribution in [3.63, 3.8) is 0 Å². The fraction of sp³-hybridized carbons (Fsp3) is 0.214. The van der Waals surface area contributed by atoms with Crippen molar-refractivity contribution < 1.29 is 23.4 Å². The molecule has 0 aliphatic carbocycles. The second kappa shape index (κ2) is 5.48. The summed E-state index contributed by atoms with van der Waals surface area (Å²) in [7, 11) is 4.46. The Balaban J connectivity index is 2.45. The molecule has 2 aromatic rings. The molecule has 1 aromatic carbocycles. The van der Waals surface area contributed by atoms with Crippen molar-refractivity contribution in [1.82, 2.24) is 0 Å². The molecule has 0 bridgehead atoms. The van der Waals surface area contributed by atoms with E-state index in [2.05, 4.69) is 4.74 Å². The number of furan rings is 1. The number of methoxy groups -OCH3 is 3. The molecule has 5 heteroatoms. The third-order valence-electron chi connectivity index (χ3n) is 2.69. The predicted molar refractivity (Wildman–Crippen MR) is 68.6 cm³/mol. The summed E-state index contributed by atoms with van der Waals surface area (Å²) in [4.78, 5) is 11.4. The molecule has 0 amide bonds. The Hall–Kier alpha value is -2.43. The third-order valence-corrected chi connectivity index (χ3v) is 2.69. The van der Waals surface area contributed by atoms with Gasteiger partial charge in [0.1, 0.15) is 23.5 Å². The summed E-state index contributed by atoms with van der Waals surface area (Å²) in [5.74, 6) is 1.37. The number of carbonyl (C=O) groups is 1. The molecule has 19 heavy (non-hydrogen) atoms. The number of ether oxygens (including phenoxy) is 3. The summed E-state index contributed by atoms with van der Waals surface area (Å²) in [5.41, 5.74) is 1.05. The standard InChI is InChI=1S/C14H14O5/c1-16-10-4-5-12(17-2)11(7-10)13-6-9(8-19-13)14(15)18-3/h4-8H,1-3H3. The van der Waals surface area contributed by atoms with Crippen LogP contribution in [0, 0.1) is 0 Å². The van der Waals surface area contributed by atoms with Gasteiger partial charge in [-0.05, 0) is 24.3 Å². The molecule has 5 nitrogen and oxygen atoms in total. The molecule has 0 N–H and O–H groups in total. The number of hydrogen-bond acceptors (Lipinski definition) is 5. The first-order chi connectivity index (χ1) is 9.19. The van der Waals surface area contributed by atoms with Gasteiger partial charge in [0.2, 0.25) is 0 Å². The maximum atomic E-state index is 11.4. The highest BCUT2D eigenvalue weighted by Crippen LogP contribution is 2.34. The highest BCUT2D eigenvalue weighted by atomic mass is 16.5. The molecule has 0 fully saturated rings. The molecule has 0 spiro atoms. The van der Waals surface area contributed by atoms with Crippen molar-refractivity contribution in [3.05, 3.63) is 36.1 Å². The lowest BCUT2D eigenvalue weighted by molar-refractivity contribution is 0.0600. The van der Waals surface area contributed by atoms with Gasteiger partial charge in [-0.15, -0.1) is 0 Å². The molecule has 0 atom stereocenters. The zero-order valence-corrected chi connectivity index (χ0v) is 10.9. The summed E-state index contributed by atoms with van der Waals surface area (Å²) < 4.78 is 20.4. The van der Waals surface area contributed by atoms with Crippen LogP contribution in [0.15, 0.2) is 34.9 Å². The molecular weight excluding hydrogens is 248 g/mol. The Bertz CT molecular complexity index is 585. The zero-order valence-electron chi connectivity index (χ0n) is 10.9. The van der Waals surface area contributed by atoms with Crippen molar-refractivity contribution in [2.45, 2.75) is 0 Å². The van der Waals surface area contributed by atoms with E-state index >= 15 is 0 Å². The Morgan fingerprint density at radius 1 is 1.11 bits per heavy atom. The van der Waals surface area contributed by atoms with Gasteiger partial charge in [0.25, 0.3) is 0 Å². The highest BCUT2D eigenvalue weighted by molar-refractivity contribution is 5.90. The molecule has 0 aliphatic rings. The maximum Gasteiger partial charge on any atom is 0.341 e. The molecule has 1 heterocycles. The normalized spacial score (nSPS) is 10.1. The van der Waals surface area contributed by atoms with E-state index in [1.54, 1.807) is 38.5 Å². The van der Waals surface area contributed by atoms with E-state index < -0.39 is 5.97 Å². The van der Waals surface area contributed by atoms with Crippen molar-refractivity contribution in [1.29, 1.82) is 0 Å². The first-order valence-corrected chi connectivity index (χ1v) is 5.59. The van der Waals surface area contributed by atoms with E-state index in [9.17, 15) is 4.79 Å². The highest BCUT2D eigenvalue weighted by Gasteiger charge is 2.15. The Labute approximate surface area is 110 Å².